The highest BCUT2D eigenvalue weighted by Gasteiger charge is 2.16. The fourth-order valence-corrected chi connectivity index (χ4v) is 3.86. The van der Waals surface area contributed by atoms with Crippen LogP contribution in [-0.2, 0) is 11.2 Å². The second-order valence-corrected chi connectivity index (χ2v) is 8.62. The van der Waals surface area contributed by atoms with Gasteiger partial charge in [-0.25, -0.2) is 4.68 Å². The highest BCUT2D eigenvalue weighted by atomic mass is 16.5. The Kier molecular flexibility index (Phi) is 6.45. The topological polar surface area (TPSA) is 69.0 Å². The van der Waals surface area contributed by atoms with Gasteiger partial charge in [-0.15, -0.1) is 0 Å². The van der Waals surface area contributed by atoms with E-state index in [0.29, 0.717) is 11.8 Å². The molecule has 1 N–H and O–H groups in total. The van der Waals surface area contributed by atoms with Gasteiger partial charge in [0.05, 0.1) is 11.4 Å². The predicted molar refractivity (Wildman–Crippen MR) is 132 cm³/mol. The molecule has 0 aliphatic carbocycles. The monoisotopic (exact) mass is 442 g/mol. The van der Waals surface area contributed by atoms with Crippen molar-refractivity contribution in [3.8, 4) is 11.6 Å². The van der Waals surface area contributed by atoms with Crippen LogP contribution in [0.15, 0.2) is 54.6 Å². The SMILES string of the molecule is CCc1cc(OCC(=O)Nc2ccc(C(C)C)cc2)nc2c1c(C)nn2-c1ccc(C)cc1. The molecular formula is C27H30N4O2. The highest BCUT2D eigenvalue weighted by Crippen LogP contribution is 2.28. The number of carbonyl (C=O) groups is 1. The van der Waals surface area contributed by atoms with Crippen molar-refractivity contribution in [2.45, 2.75) is 47.0 Å². The van der Waals surface area contributed by atoms with Crippen molar-refractivity contribution in [2.75, 3.05) is 11.9 Å². The Morgan fingerprint density at radius 2 is 1.76 bits per heavy atom. The van der Waals surface area contributed by atoms with Gasteiger partial charge in [-0.2, -0.15) is 10.1 Å². The summed E-state index contributed by atoms with van der Waals surface area (Å²) in [6, 6.07) is 17.9. The van der Waals surface area contributed by atoms with Crippen molar-refractivity contribution in [3.05, 3.63) is 77.0 Å². The summed E-state index contributed by atoms with van der Waals surface area (Å²) < 4.78 is 7.65. The number of anilines is 1. The Hall–Kier alpha value is -3.67. The molecule has 4 rings (SSSR count). The molecule has 0 aliphatic rings. The first-order valence-electron chi connectivity index (χ1n) is 11.3. The molecule has 33 heavy (non-hydrogen) atoms. The Labute approximate surface area is 194 Å². The molecule has 0 bridgehead atoms. The van der Waals surface area contributed by atoms with Crippen LogP contribution in [0.4, 0.5) is 5.69 Å². The average molecular weight is 443 g/mol. The number of pyridine rings is 1. The number of hydrogen-bond donors (Lipinski definition) is 1. The van der Waals surface area contributed by atoms with Gasteiger partial charge < -0.3 is 10.1 Å². The Balaban J connectivity index is 1.55. The summed E-state index contributed by atoms with van der Waals surface area (Å²) >= 11 is 0. The average Bonchev–Trinajstić information content (AvgIpc) is 3.14. The summed E-state index contributed by atoms with van der Waals surface area (Å²) in [5.41, 5.74) is 6.85. The largest absolute Gasteiger partial charge is 0.467 e. The first-order chi connectivity index (χ1) is 15.9. The smallest absolute Gasteiger partial charge is 0.262 e. The summed E-state index contributed by atoms with van der Waals surface area (Å²) in [7, 11) is 0. The number of nitrogens with zero attached hydrogens (tertiary/aromatic N) is 3. The summed E-state index contributed by atoms with van der Waals surface area (Å²) in [6.07, 6.45) is 0.810. The third-order valence-corrected chi connectivity index (χ3v) is 5.74. The summed E-state index contributed by atoms with van der Waals surface area (Å²) in [6.45, 7) is 10.3. The maximum Gasteiger partial charge on any atom is 0.262 e. The quantitative estimate of drug-likeness (QED) is 0.396. The Bertz CT molecular complexity index is 1270. The number of amides is 1. The summed E-state index contributed by atoms with van der Waals surface area (Å²) in [4.78, 5) is 17.2. The molecule has 0 atom stereocenters. The van der Waals surface area contributed by atoms with Gasteiger partial charge in [0.15, 0.2) is 12.3 Å². The lowest BCUT2D eigenvalue weighted by Crippen LogP contribution is -2.20. The van der Waals surface area contributed by atoms with E-state index in [-0.39, 0.29) is 12.5 Å². The molecule has 0 radical (unpaired) electrons. The van der Waals surface area contributed by atoms with Crippen molar-refractivity contribution in [3.63, 3.8) is 0 Å². The van der Waals surface area contributed by atoms with Crippen LogP contribution < -0.4 is 10.1 Å². The number of fused-ring (bicyclic) bond motifs is 1. The van der Waals surface area contributed by atoms with Gasteiger partial charge in [-0.3, -0.25) is 4.79 Å². The molecule has 2 aromatic carbocycles. The van der Waals surface area contributed by atoms with Gasteiger partial charge in [-0.05, 0) is 61.6 Å². The Morgan fingerprint density at radius 3 is 2.39 bits per heavy atom. The van der Waals surface area contributed by atoms with E-state index in [4.69, 9.17) is 14.8 Å². The number of benzene rings is 2. The van der Waals surface area contributed by atoms with E-state index in [0.717, 1.165) is 40.1 Å². The molecule has 2 heterocycles. The zero-order chi connectivity index (χ0) is 23.5. The van der Waals surface area contributed by atoms with E-state index < -0.39 is 0 Å². The molecule has 170 valence electrons. The van der Waals surface area contributed by atoms with E-state index in [1.54, 1.807) is 0 Å². The van der Waals surface area contributed by atoms with E-state index in [1.807, 2.05) is 54.1 Å². The number of ether oxygens (including phenoxy) is 1. The molecule has 4 aromatic rings. The minimum Gasteiger partial charge on any atom is -0.467 e. The van der Waals surface area contributed by atoms with Crippen LogP contribution >= 0.6 is 0 Å². The molecule has 0 spiro atoms. The number of carbonyl (C=O) groups excluding carboxylic acids is 1. The number of aryl methyl sites for hydroxylation is 3. The van der Waals surface area contributed by atoms with Crippen molar-refractivity contribution < 1.29 is 9.53 Å². The van der Waals surface area contributed by atoms with Gasteiger partial charge in [0.2, 0.25) is 5.88 Å². The van der Waals surface area contributed by atoms with Crippen molar-refractivity contribution in [1.82, 2.24) is 14.8 Å². The van der Waals surface area contributed by atoms with Crippen LogP contribution in [-0.4, -0.2) is 27.3 Å². The summed E-state index contributed by atoms with van der Waals surface area (Å²) in [5.74, 6) is 0.636. The fourth-order valence-electron chi connectivity index (χ4n) is 3.86. The minimum absolute atomic E-state index is 0.120. The van der Waals surface area contributed by atoms with Crippen LogP contribution in [0.3, 0.4) is 0 Å². The zero-order valence-corrected chi connectivity index (χ0v) is 19.8. The standard InChI is InChI=1S/C27H30N4O2/c1-6-20-15-25(33-16-24(32)28-22-11-9-21(10-12-22)17(2)3)29-27-26(20)19(5)30-31(27)23-13-7-18(4)8-14-23/h7-15,17H,6,16H2,1-5H3,(H,28,32). The number of nitrogens with one attached hydrogen (secondary N) is 1. The maximum atomic E-state index is 12.5. The molecule has 1 amide bonds. The van der Waals surface area contributed by atoms with Gasteiger partial charge in [-0.1, -0.05) is 50.6 Å². The first kappa shape index (κ1) is 22.5. The molecule has 0 unspecified atom stereocenters. The predicted octanol–water partition coefficient (Wildman–Crippen LogP) is 5.74. The van der Waals surface area contributed by atoms with Gasteiger partial charge in [0.25, 0.3) is 5.91 Å². The van der Waals surface area contributed by atoms with Gasteiger partial charge in [0.1, 0.15) is 0 Å². The highest BCUT2D eigenvalue weighted by molar-refractivity contribution is 5.92. The third kappa shape index (κ3) is 4.90. The third-order valence-electron chi connectivity index (χ3n) is 5.74. The molecule has 6 nitrogen and oxygen atoms in total. The summed E-state index contributed by atoms with van der Waals surface area (Å²) in [5, 5.41) is 8.64. The van der Waals surface area contributed by atoms with Crippen LogP contribution in [0.1, 0.15) is 49.1 Å². The van der Waals surface area contributed by atoms with E-state index in [2.05, 4.69) is 45.1 Å². The van der Waals surface area contributed by atoms with E-state index >= 15 is 0 Å². The number of rotatable bonds is 7. The normalized spacial score (nSPS) is 11.2. The molecule has 6 heteroatoms. The molecule has 2 aromatic heterocycles. The van der Waals surface area contributed by atoms with E-state index in [9.17, 15) is 4.79 Å². The van der Waals surface area contributed by atoms with Crippen molar-refractivity contribution >= 4 is 22.6 Å². The van der Waals surface area contributed by atoms with Crippen LogP contribution in [0.5, 0.6) is 5.88 Å². The zero-order valence-electron chi connectivity index (χ0n) is 19.8. The fraction of sp³-hybridized carbons (Fsp3) is 0.296. The molecule has 0 saturated carbocycles. The van der Waals surface area contributed by atoms with Crippen molar-refractivity contribution in [1.29, 1.82) is 0 Å². The Morgan fingerprint density at radius 1 is 1.06 bits per heavy atom. The lowest BCUT2D eigenvalue weighted by molar-refractivity contribution is -0.118. The molecule has 0 aliphatic heterocycles. The molecule has 0 fully saturated rings. The van der Waals surface area contributed by atoms with Gasteiger partial charge in [0, 0.05) is 17.1 Å². The minimum atomic E-state index is -0.226. The van der Waals surface area contributed by atoms with Crippen LogP contribution in [0.25, 0.3) is 16.7 Å². The van der Waals surface area contributed by atoms with Crippen molar-refractivity contribution in [2.24, 2.45) is 0 Å². The molecular weight excluding hydrogens is 412 g/mol. The number of aromatic nitrogens is 3. The second kappa shape index (κ2) is 9.45. The van der Waals surface area contributed by atoms with E-state index in [1.165, 1.54) is 11.1 Å². The number of hydrogen-bond acceptors (Lipinski definition) is 4. The van der Waals surface area contributed by atoms with Crippen LogP contribution in [0.2, 0.25) is 0 Å². The lowest BCUT2D eigenvalue weighted by atomic mass is 10.0. The lowest BCUT2D eigenvalue weighted by Gasteiger charge is -2.11. The molecule has 0 saturated heterocycles. The van der Waals surface area contributed by atoms with Crippen LogP contribution in [0, 0.1) is 13.8 Å². The second-order valence-electron chi connectivity index (χ2n) is 8.62. The first-order valence-corrected chi connectivity index (χ1v) is 11.3. The maximum absolute atomic E-state index is 12.5. The van der Waals surface area contributed by atoms with Gasteiger partial charge >= 0.3 is 0 Å².